The lowest BCUT2D eigenvalue weighted by molar-refractivity contribution is 0.0364. The molecule has 1 aromatic carbocycles. The number of hydrogen-bond donors (Lipinski definition) is 0. The highest BCUT2D eigenvalue weighted by atomic mass is 16.5. The minimum Gasteiger partial charge on any atom is -0.379 e. The molecule has 0 atom stereocenters. The largest absolute Gasteiger partial charge is 0.379 e. The lowest BCUT2D eigenvalue weighted by atomic mass is 10.1. The van der Waals surface area contributed by atoms with Crippen LogP contribution in [0, 0.1) is 6.92 Å². The van der Waals surface area contributed by atoms with E-state index in [4.69, 9.17) is 4.74 Å². The fourth-order valence-electron chi connectivity index (χ4n) is 3.27. The van der Waals surface area contributed by atoms with Crippen molar-refractivity contribution >= 4 is 0 Å². The van der Waals surface area contributed by atoms with Gasteiger partial charge in [0, 0.05) is 32.4 Å². The second-order valence-electron chi connectivity index (χ2n) is 6.47. The zero-order chi connectivity index (χ0) is 17.8. The maximum absolute atomic E-state index is 5.43. The quantitative estimate of drug-likeness (QED) is 0.709. The summed E-state index contributed by atoms with van der Waals surface area (Å²) in [6.45, 7) is 7.41. The van der Waals surface area contributed by atoms with Crippen LogP contribution in [0.25, 0.3) is 22.6 Å². The first-order valence-corrected chi connectivity index (χ1v) is 9.03. The van der Waals surface area contributed by atoms with E-state index >= 15 is 0 Å². The van der Waals surface area contributed by atoms with E-state index in [2.05, 4.69) is 42.8 Å². The lowest BCUT2D eigenvalue weighted by Crippen LogP contribution is -2.38. The van der Waals surface area contributed by atoms with Crippen LogP contribution in [-0.4, -0.2) is 57.5 Å². The van der Waals surface area contributed by atoms with Gasteiger partial charge in [-0.2, -0.15) is 0 Å². The Balaban J connectivity index is 1.58. The SMILES string of the molecule is Cc1nnc(-c2cc(-c3ccccc3)ccn2)n1CCN1CCOCC1. The van der Waals surface area contributed by atoms with Crippen molar-refractivity contribution < 1.29 is 4.74 Å². The third-order valence-corrected chi connectivity index (χ3v) is 4.78. The molecule has 1 fully saturated rings. The number of hydrogen-bond acceptors (Lipinski definition) is 5. The second-order valence-corrected chi connectivity index (χ2v) is 6.47. The van der Waals surface area contributed by atoms with Crippen molar-refractivity contribution in [2.24, 2.45) is 0 Å². The molecule has 6 nitrogen and oxygen atoms in total. The number of aromatic nitrogens is 4. The van der Waals surface area contributed by atoms with Crippen LogP contribution < -0.4 is 0 Å². The number of rotatable bonds is 5. The molecule has 134 valence electrons. The van der Waals surface area contributed by atoms with Gasteiger partial charge in [-0.25, -0.2) is 0 Å². The topological polar surface area (TPSA) is 56.1 Å². The summed E-state index contributed by atoms with van der Waals surface area (Å²) in [4.78, 5) is 6.96. The van der Waals surface area contributed by atoms with Crippen LogP contribution in [0.15, 0.2) is 48.7 Å². The molecule has 1 saturated heterocycles. The van der Waals surface area contributed by atoms with Gasteiger partial charge in [-0.3, -0.25) is 9.88 Å². The van der Waals surface area contributed by atoms with E-state index in [1.54, 1.807) is 0 Å². The molecule has 0 amide bonds. The molecule has 0 aliphatic carbocycles. The molecule has 26 heavy (non-hydrogen) atoms. The summed E-state index contributed by atoms with van der Waals surface area (Å²) in [6, 6.07) is 14.4. The molecule has 0 saturated carbocycles. The summed E-state index contributed by atoms with van der Waals surface area (Å²) in [5, 5.41) is 8.68. The fourth-order valence-corrected chi connectivity index (χ4v) is 3.27. The highest BCUT2D eigenvalue weighted by Crippen LogP contribution is 2.24. The van der Waals surface area contributed by atoms with Crippen LogP contribution in [0.3, 0.4) is 0 Å². The number of morpholine rings is 1. The highest BCUT2D eigenvalue weighted by molar-refractivity contribution is 5.67. The Morgan fingerprint density at radius 1 is 0.962 bits per heavy atom. The minimum atomic E-state index is 0.814. The predicted molar refractivity (Wildman–Crippen MR) is 101 cm³/mol. The van der Waals surface area contributed by atoms with Crippen molar-refractivity contribution in [2.75, 3.05) is 32.8 Å². The first kappa shape index (κ1) is 16.9. The summed E-state index contributed by atoms with van der Waals surface area (Å²) in [6.07, 6.45) is 1.84. The molecule has 6 heteroatoms. The van der Waals surface area contributed by atoms with Crippen LogP contribution in [0.2, 0.25) is 0 Å². The third kappa shape index (κ3) is 3.66. The number of benzene rings is 1. The van der Waals surface area contributed by atoms with Gasteiger partial charge in [0.25, 0.3) is 0 Å². The van der Waals surface area contributed by atoms with E-state index in [0.717, 1.165) is 62.3 Å². The van der Waals surface area contributed by atoms with Gasteiger partial charge in [0.15, 0.2) is 5.82 Å². The monoisotopic (exact) mass is 349 g/mol. The molecule has 0 spiro atoms. The van der Waals surface area contributed by atoms with Crippen LogP contribution in [0.1, 0.15) is 5.82 Å². The van der Waals surface area contributed by atoms with Crippen molar-refractivity contribution in [3.63, 3.8) is 0 Å². The van der Waals surface area contributed by atoms with E-state index in [1.165, 1.54) is 5.56 Å². The maximum atomic E-state index is 5.43. The first-order valence-electron chi connectivity index (χ1n) is 9.03. The molecule has 0 N–H and O–H groups in total. The molecule has 3 heterocycles. The normalized spacial score (nSPS) is 15.3. The smallest absolute Gasteiger partial charge is 0.182 e. The average Bonchev–Trinajstić information content (AvgIpc) is 3.08. The molecule has 1 aliphatic rings. The first-order chi connectivity index (χ1) is 12.8. The Morgan fingerprint density at radius 3 is 2.58 bits per heavy atom. The standard InChI is InChI=1S/C20H23N5O/c1-16-22-23-20(25(16)10-9-24-11-13-26-14-12-24)19-15-18(7-8-21-19)17-5-3-2-4-6-17/h2-8,15H,9-14H2,1H3. The molecule has 0 bridgehead atoms. The summed E-state index contributed by atoms with van der Waals surface area (Å²) in [5.74, 6) is 1.74. The highest BCUT2D eigenvalue weighted by Gasteiger charge is 2.15. The van der Waals surface area contributed by atoms with E-state index in [-0.39, 0.29) is 0 Å². The van der Waals surface area contributed by atoms with Crippen molar-refractivity contribution in [3.05, 3.63) is 54.5 Å². The van der Waals surface area contributed by atoms with Gasteiger partial charge < -0.3 is 9.30 Å². The summed E-state index contributed by atoms with van der Waals surface area (Å²) in [5.41, 5.74) is 3.16. The van der Waals surface area contributed by atoms with Crippen LogP contribution >= 0.6 is 0 Å². The Bertz CT molecular complexity index is 856. The molecule has 1 aliphatic heterocycles. The molecule has 0 unspecified atom stereocenters. The van der Waals surface area contributed by atoms with Crippen LogP contribution in [-0.2, 0) is 11.3 Å². The van der Waals surface area contributed by atoms with Crippen molar-refractivity contribution in [1.29, 1.82) is 0 Å². The molecule has 0 radical (unpaired) electrons. The van der Waals surface area contributed by atoms with Gasteiger partial charge in [-0.15, -0.1) is 10.2 Å². The zero-order valence-electron chi connectivity index (χ0n) is 15.0. The van der Waals surface area contributed by atoms with Crippen LogP contribution in [0.4, 0.5) is 0 Å². The predicted octanol–water partition coefficient (Wildman–Crippen LogP) is 2.65. The lowest BCUT2D eigenvalue weighted by Gasteiger charge is -2.26. The van der Waals surface area contributed by atoms with Gasteiger partial charge in [0.2, 0.25) is 0 Å². The fraction of sp³-hybridized carbons (Fsp3) is 0.350. The van der Waals surface area contributed by atoms with Crippen molar-refractivity contribution in [1.82, 2.24) is 24.6 Å². The van der Waals surface area contributed by atoms with Crippen molar-refractivity contribution in [2.45, 2.75) is 13.5 Å². The van der Waals surface area contributed by atoms with E-state index in [0.29, 0.717) is 0 Å². The van der Waals surface area contributed by atoms with Crippen LogP contribution in [0.5, 0.6) is 0 Å². The minimum absolute atomic E-state index is 0.814. The third-order valence-electron chi connectivity index (χ3n) is 4.78. The number of aryl methyl sites for hydroxylation is 1. The van der Waals surface area contributed by atoms with Gasteiger partial charge in [-0.1, -0.05) is 30.3 Å². The molecule has 3 aromatic rings. The average molecular weight is 349 g/mol. The summed E-state index contributed by atoms with van der Waals surface area (Å²) < 4.78 is 7.58. The molecular formula is C20H23N5O. The van der Waals surface area contributed by atoms with E-state index < -0.39 is 0 Å². The molecular weight excluding hydrogens is 326 g/mol. The Hall–Kier alpha value is -2.57. The summed E-state index contributed by atoms with van der Waals surface area (Å²) in [7, 11) is 0. The number of pyridine rings is 1. The Kier molecular flexibility index (Phi) is 5.04. The van der Waals surface area contributed by atoms with Gasteiger partial charge in [0.1, 0.15) is 11.5 Å². The maximum Gasteiger partial charge on any atom is 0.182 e. The Morgan fingerprint density at radius 2 is 1.77 bits per heavy atom. The summed E-state index contributed by atoms with van der Waals surface area (Å²) >= 11 is 0. The zero-order valence-corrected chi connectivity index (χ0v) is 15.0. The second kappa shape index (κ2) is 7.76. The van der Waals surface area contributed by atoms with Gasteiger partial charge in [0.05, 0.1) is 13.2 Å². The van der Waals surface area contributed by atoms with E-state index in [1.807, 2.05) is 37.4 Å². The van der Waals surface area contributed by atoms with Gasteiger partial charge in [-0.05, 0) is 30.2 Å². The van der Waals surface area contributed by atoms with Gasteiger partial charge >= 0.3 is 0 Å². The van der Waals surface area contributed by atoms with E-state index in [9.17, 15) is 0 Å². The Labute approximate surface area is 153 Å². The number of nitrogens with zero attached hydrogens (tertiary/aromatic N) is 5. The molecule has 2 aromatic heterocycles. The number of ether oxygens (including phenoxy) is 1. The van der Waals surface area contributed by atoms with Crippen molar-refractivity contribution in [3.8, 4) is 22.6 Å². The molecule has 4 rings (SSSR count).